The molecular formula is C18H24N4OS2. The Morgan fingerprint density at radius 1 is 1.36 bits per heavy atom. The maximum atomic E-state index is 12.4. The smallest absolute Gasteiger partial charge is 0.233 e. The van der Waals surface area contributed by atoms with Crippen LogP contribution < -0.4 is 10.6 Å². The van der Waals surface area contributed by atoms with E-state index in [1.54, 1.807) is 6.08 Å². The second-order valence-corrected chi connectivity index (χ2v) is 8.13. The molecule has 0 aliphatic carbocycles. The minimum Gasteiger partial charge on any atom is -0.357 e. The number of rotatable bonds is 10. The van der Waals surface area contributed by atoms with Crippen LogP contribution in [0.3, 0.4) is 0 Å². The first kappa shape index (κ1) is 19.5. The normalized spacial score (nSPS) is 13.0. The molecule has 0 saturated heterocycles. The average Bonchev–Trinajstić information content (AvgIpc) is 3.08. The second kappa shape index (κ2) is 10.2. The highest BCUT2D eigenvalue weighted by Gasteiger charge is 2.18. The van der Waals surface area contributed by atoms with Crippen LogP contribution in [0, 0.1) is 0 Å². The monoisotopic (exact) mass is 376 g/mol. The minimum absolute atomic E-state index is 0.0233. The molecule has 0 bridgehead atoms. The van der Waals surface area contributed by atoms with Crippen LogP contribution in [0.25, 0.3) is 0 Å². The number of nitrogens with one attached hydrogen (secondary N) is 2. The molecule has 2 aromatic rings. The quantitative estimate of drug-likeness (QED) is 0.486. The van der Waals surface area contributed by atoms with Crippen LogP contribution in [0.5, 0.6) is 0 Å². The molecule has 5 nitrogen and oxygen atoms in total. The lowest BCUT2D eigenvalue weighted by molar-refractivity contribution is -0.120. The van der Waals surface area contributed by atoms with Crippen LogP contribution in [0.15, 0.2) is 47.3 Å². The first-order valence-electron chi connectivity index (χ1n) is 8.31. The van der Waals surface area contributed by atoms with E-state index in [0.29, 0.717) is 19.0 Å². The number of anilines is 1. The largest absolute Gasteiger partial charge is 0.357 e. The van der Waals surface area contributed by atoms with E-state index in [2.05, 4.69) is 46.5 Å². The van der Waals surface area contributed by atoms with E-state index in [1.165, 1.54) is 28.7 Å². The number of amides is 1. The molecule has 1 heterocycles. The molecular weight excluding hydrogens is 352 g/mol. The zero-order valence-corrected chi connectivity index (χ0v) is 16.2. The molecule has 0 aliphatic heterocycles. The van der Waals surface area contributed by atoms with Gasteiger partial charge in [0.15, 0.2) is 4.34 Å². The summed E-state index contributed by atoms with van der Waals surface area (Å²) in [5.41, 5.74) is 1.26. The van der Waals surface area contributed by atoms with Crippen molar-refractivity contribution in [2.24, 2.45) is 0 Å². The van der Waals surface area contributed by atoms with Gasteiger partial charge in [-0.1, -0.05) is 66.4 Å². The predicted molar refractivity (Wildman–Crippen MR) is 106 cm³/mol. The first-order chi connectivity index (χ1) is 12.1. The van der Waals surface area contributed by atoms with E-state index in [0.717, 1.165) is 15.9 Å². The van der Waals surface area contributed by atoms with Crippen molar-refractivity contribution in [1.82, 2.24) is 15.5 Å². The van der Waals surface area contributed by atoms with Gasteiger partial charge in [0, 0.05) is 19.0 Å². The van der Waals surface area contributed by atoms with Gasteiger partial charge in [-0.2, -0.15) is 0 Å². The van der Waals surface area contributed by atoms with Crippen LogP contribution in [0.1, 0.15) is 31.7 Å². The Morgan fingerprint density at radius 3 is 2.80 bits per heavy atom. The van der Waals surface area contributed by atoms with Crippen molar-refractivity contribution < 1.29 is 4.79 Å². The van der Waals surface area contributed by atoms with Gasteiger partial charge in [-0.3, -0.25) is 4.79 Å². The third-order valence-corrected chi connectivity index (χ3v) is 5.80. The molecule has 0 saturated carbocycles. The summed E-state index contributed by atoms with van der Waals surface area (Å²) in [4.78, 5) is 12.4. The summed E-state index contributed by atoms with van der Waals surface area (Å²) >= 11 is 2.87. The SMILES string of the molecule is C=CCNc1nnc(S[C@@H](C)C(=O)NC[C@@H](CC)c2ccccc2)s1. The van der Waals surface area contributed by atoms with Gasteiger partial charge in [-0.15, -0.1) is 16.8 Å². The van der Waals surface area contributed by atoms with Gasteiger partial charge in [-0.25, -0.2) is 0 Å². The van der Waals surface area contributed by atoms with Crippen LogP contribution in [-0.4, -0.2) is 34.4 Å². The van der Waals surface area contributed by atoms with Gasteiger partial charge in [0.1, 0.15) is 0 Å². The molecule has 2 rings (SSSR count). The number of benzene rings is 1. The van der Waals surface area contributed by atoms with E-state index in [1.807, 2.05) is 25.1 Å². The number of hydrogen-bond donors (Lipinski definition) is 2. The van der Waals surface area contributed by atoms with Crippen molar-refractivity contribution >= 4 is 34.1 Å². The number of carbonyl (C=O) groups is 1. The molecule has 2 atom stereocenters. The van der Waals surface area contributed by atoms with E-state index in [-0.39, 0.29) is 11.2 Å². The number of carbonyl (C=O) groups excluding carboxylic acids is 1. The van der Waals surface area contributed by atoms with Crippen molar-refractivity contribution in [1.29, 1.82) is 0 Å². The third-order valence-electron chi connectivity index (χ3n) is 3.74. The van der Waals surface area contributed by atoms with Crippen LogP contribution in [0.2, 0.25) is 0 Å². The molecule has 0 radical (unpaired) electrons. The van der Waals surface area contributed by atoms with Crippen molar-refractivity contribution in [3.05, 3.63) is 48.6 Å². The number of hydrogen-bond acceptors (Lipinski definition) is 6. The predicted octanol–water partition coefficient (Wildman–Crippen LogP) is 3.93. The summed E-state index contributed by atoms with van der Waals surface area (Å²) in [7, 11) is 0. The molecule has 0 aliphatic rings. The van der Waals surface area contributed by atoms with Gasteiger partial charge in [-0.05, 0) is 18.9 Å². The maximum absolute atomic E-state index is 12.4. The van der Waals surface area contributed by atoms with Crippen LogP contribution in [0.4, 0.5) is 5.13 Å². The fourth-order valence-corrected chi connectivity index (χ4v) is 4.21. The number of aromatic nitrogens is 2. The molecule has 1 aromatic carbocycles. The molecule has 1 aromatic heterocycles. The summed E-state index contributed by atoms with van der Waals surface area (Å²) in [5, 5.41) is 14.8. The van der Waals surface area contributed by atoms with E-state index in [9.17, 15) is 4.79 Å². The summed E-state index contributed by atoms with van der Waals surface area (Å²) in [6, 6.07) is 10.3. The van der Waals surface area contributed by atoms with Crippen LogP contribution in [-0.2, 0) is 4.79 Å². The highest BCUT2D eigenvalue weighted by molar-refractivity contribution is 8.02. The number of nitrogens with zero attached hydrogens (tertiary/aromatic N) is 2. The lowest BCUT2D eigenvalue weighted by Gasteiger charge is -2.17. The fraction of sp³-hybridized carbons (Fsp3) is 0.389. The molecule has 2 N–H and O–H groups in total. The van der Waals surface area contributed by atoms with Gasteiger partial charge in [0.05, 0.1) is 5.25 Å². The van der Waals surface area contributed by atoms with Crippen LogP contribution >= 0.6 is 23.1 Å². The zero-order chi connectivity index (χ0) is 18.1. The van der Waals surface area contributed by atoms with Gasteiger partial charge >= 0.3 is 0 Å². The molecule has 0 spiro atoms. The fourth-order valence-electron chi connectivity index (χ4n) is 2.28. The summed E-state index contributed by atoms with van der Waals surface area (Å²) in [5.74, 6) is 0.355. The number of thioether (sulfide) groups is 1. The average molecular weight is 377 g/mol. The first-order valence-corrected chi connectivity index (χ1v) is 10.0. The molecule has 7 heteroatoms. The Hall–Kier alpha value is -1.86. The van der Waals surface area contributed by atoms with E-state index in [4.69, 9.17) is 0 Å². The summed E-state index contributed by atoms with van der Waals surface area (Å²) < 4.78 is 0.782. The Bertz CT molecular complexity index is 675. The van der Waals surface area contributed by atoms with E-state index >= 15 is 0 Å². The summed E-state index contributed by atoms with van der Waals surface area (Å²) in [6.45, 7) is 8.98. The van der Waals surface area contributed by atoms with Gasteiger partial charge < -0.3 is 10.6 Å². The second-order valence-electron chi connectivity index (χ2n) is 5.56. The maximum Gasteiger partial charge on any atom is 0.233 e. The standard InChI is InChI=1S/C18H24N4OS2/c1-4-11-19-17-21-22-18(25-17)24-13(3)16(23)20-12-14(5-2)15-9-7-6-8-10-15/h4,6-10,13-14H,1,5,11-12H2,2-3H3,(H,19,21)(H,20,23)/t13-,14+/m0/s1. The van der Waals surface area contributed by atoms with Crippen molar-refractivity contribution in [2.75, 3.05) is 18.4 Å². The van der Waals surface area contributed by atoms with Gasteiger partial charge in [0.25, 0.3) is 0 Å². The van der Waals surface area contributed by atoms with Crippen molar-refractivity contribution in [3.8, 4) is 0 Å². The topological polar surface area (TPSA) is 66.9 Å². The van der Waals surface area contributed by atoms with Gasteiger partial charge in [0.2, 0.25) is 11.0 Å². The highest BCUT2D eigenvalue weighted by Crippen LogP contribution is 2.29. The minimum atomic E-state index is -0.214. The molecule has 0 fully saturated rings. The Labute approximate surface area is 157 Å². The lowest BCUT2D eigenvalue weighted by Crippen LogP contribution is -2.34. The highest BCUT2D eigenvalue weighted by atomic mass is 32.2. The van der Waals surface area contributed by atoms with Crippen molar-refractivity contribution in [3.63, 3.8) is 0 Å². The molecule has 0 unspecified atom stereocenters. The zero-order valence-electron chi connectivity index (χ0n) is 14.6. The Morgan fingerprint density at radius 2 is 2.12 bits per heavy atom. The van der Waals surface area contributed by atoms with Crippen molar-refractivity contribution in [2.45, 2.75) is 35.8 Å². The molecule has 134 valence electrons. The van der Waals surface area contributed by atoms with E-state index < -0.39 is 0 Å². The lowest BCUT2D eigenvalue weighted by atomic mass is 9.96. The Kier molecular flexibility index (Phi) is 7.94. The Balaban J connectivity index is 1.83. The molecule has 1 amide bonds. The third kappa shape index (κ3) is 6.17. The molecule has 25 heavy (non-hydrogen) atoms. The summed E-state index contributed by atoms with van der Waals surface area (Å²) in [6.07, 6.45) is 2.75.